The normalized spacial score (nSPS) is 11.4. The zero-order valence-corrected chi connectivity index (χ0v) is 19.4. The fourth-order valence-electron chi connectivity index (χ4n) is 3.86. The van der Waals surface area contributed by atoms with Crippen LogP contribution in [0.2, 0.25) is 0 Å². The standard InChI is InChI=1S/C29H23F5O2/c1-2-3-19-4-6-20(7-5-19)21-8-10-22(11-9-21)23-12-14-24(15-13-23)29(33,34)36-25-16-26(31)28(35-18-30)27(32)17-25/h4-17H,2-3,18H2,1H3. The van der Waals surface area contributed by atoms with E-state index in [-0.39, 0.29) is 0 Å². The molecule has 7 heteroatoms. The highest BCUT2D eigenvalue weighted by atomic mass is 19.3. The maximum Gasteiger partial charge on any atom is 0.426 e. The van der Waals surface area contributed by atoms with E-state index in [1.807, 2.05) is 24.3 Å². The zero-order valence-electron chi connectivity index (χ0n) is 19.4. The summed E-state index contributed by atoms with van der Waals surface area (Å²) in [7, 11) is 0. The first kappa shape index (κ1) is 25.2. The number of ether oxygens (including phenoxy) is 2. The van der Waals surface area contributed by atoms with Crippen molar-refractivity contribution in [3.05, 3.63) is 108 Å². The highest BCUT2D eigenvalue weighted by Gasteiger charge is 2.35. The molecule has 0 bridgehead atoms. The lowest BCUT2D eigenvalue weighted by Gasteiger charge is -2.19. The first-order valence-electron chi connectivity index (χ1n) is 11.4. The minimum atomic E-state index is -3.87. The predicted molar refractivity (Wildman–Crippen MR) is 129 cm³/mol. The summed E-state index contributed by atoms with van der Waals surface area (Å²) in [5.74, 6) is -4.47. The van der Waals surface area contributed by atoms with Crippen LogP contribution in [0.3, 0.4) is 0 Å². The van der Waals surface area contributed by atoms with Crippen molar-refractivity contribution < 1.29 is 31.4 Å². The van der Waals surface area contributed by atoms with E-state index in [1.165, 1.54) is 29.8 Å². The van der Waals surface area contributed by atoms with Gasteiger partial charge in [-0.05, 0) is 46.4 Å². The summed E-state index contributed by atoms with van der Waals surface area (Å²) < 4.78 is 77.9. The van der Waals surface area contributed by atoms with E-state index in [9.17, 15) is 22.0 Å². The molecule has 0 aliphatic rings. The molecule has 2 nitrogen and oxygen atoms in total. The van der Waals surface area contributed by atoms with Crippen molar-refractivity contribution in [2.45, 2.75) is 25.9 Å². The molecular formula is C29H23F5O2. The summed E-state index contributed by atoms with van der Waals surface area (Å²) in [6.07, 6.45) is -1.74. The van der Waals surface area contributed by atoms with Gasteiger partial charge in [-0.3, -0.25) is 0 Å². The Bertz CT molecular complexity index is 1280. The smallest absolute Gasteiger partial charge is 0.426 e. The van der Waals surface area contributed by atoms with Crippen LogP contribution in [0.1, 0.15) is 24.5 Å². The predicted octanol–water partition coefficient (Wildman–Crippen LogP) is 8.69. The van der Waals surface area contributed by atoms with Crippen molar-refractivity contribution in [3.63, 3.8) is 0 Å². The van der Waals surface area contributed by atoms with Gasteiger partial charge in [0.25, 0.3) is 0 Å². The Labute approximate surface area is 205 Å². The lowest BCUT2D eigenvalue weighted by molar-refractivity contribution is -0.185. The highest BCUT2D eigenvalue weighted by Crippen LogP contribution is 2.36. The first-order chi connectivity index (χ1) is 17.3. The summed E-state index contributed by atoms with van der Waals surface area (Å²) in [4.78, 5) is 0. The second kappa shape index (κ2) is 10.8. The highest BCUT2D eigenvalue weighted by molar-refractivity contribution is 5.70. The molecular weight excluding hydrogens is 475 g/mol. The molecule has 0 saturated heterocycles. The lowest BCUT2D eigenvalue weighted by Crippen LogP contribution is -2.22. The van der Waals surface area contributed by atoms with Crippen LogP contribution in [-0.4, -0.2) is 6.86 Å². The average molecular weight is 498 g/mol. The minimum absolute atomic E-state index is 0.500. The summed E-state index contributed by atoms with van der Waals surface area (Å²) in [5, 5.41) is 0. The molecule has 4 rings (SSSR count). The molecule has 4 aromatic carbocycles. The van der Waals surface area contributed by atoms with Crippen molar-refractivity contribution in [1.29, 1.82) is 0 Å². The van der Waals surface area contributed by atoms with Crippen molar-refractivity contribution in [1.82, 2.24) is 0 Å². The molecule has 0 fully saturated rings. The summed E-state index contributed by atoms with van der Waals surface area (Å²) in [6, 6.07) is 22.6. The summed E-state index contributed by atoms with van der Waals surface area (Å²) in [5.41, 5.74) is 4.47. The molecule has 0 unspecified atom stereocenters. The molecule has 4 aromatic rings. The molecule has 0 saturated carbocycles. The van der Waals surface area contributed by atoms with Crippen LogP contribution in [-0.2, 0) is 12.5 Å². The van der Waals surface area contributed by atoms with Crippen LogP contribution in [0.25, 0.3) is 22.3 Å². The molecule has 0 aliphatic heterocycles. The summed E-state index contributed by atoms with van der Waals surface area (Å²) in [6.45, 7) is 0.673. The Morgan fingerprint density at radius 3 is 1.58 bits per heavy atom. The van der Waals surface area contributed by atoms with Crippen LogP contribution >= 0.6 is 0 Å². The Balaban J connectivity index is 1.48. The lowest BCUT2D eigenvalue weighted by atomic mass is 9.98. The van der Waals surface area contributed by atoms with Gasteiger partial charge in [0.2, 0.25) is 6.86 Å². The van der Waals surface area contributed by atoms with E-state index in [2.05, 4.69) is 40.7 Å². The van der Waals surface area contributed by atoms with Crippen molar-refractivity contribution >= 4 is 0 Å². The molecule has 36 heavy (non-hydrogen) atoms. The Morgan fingerprint density at radius 1 is 0.694 bits per heavy atom. The molecule has 0 aromatic heterocycles. The summed E-state index contributed by atoms with van der Waals surface area (Å²) >= 11 is 0. The third-order valence-corrected chi connectivity index (χ3v) is 5.68. The molecule has 0 heterocycles. The van der Waals surface area contributed by atoms with Crippen LogP contribution in [0, 0.1) is 11.6 Å². The SMILES string of the molecule is CCCc1ccc(-c2ccc(-c3ccc(C(F)(F)Oc4cc(F)c(OCF)c(F)c4)cc3)cc2)cc1. The quantitative estimate of drug-likeness (QED) is 0.215. The number of aryl methyl sites for hydroxylation is 1. The third kappa shape index (κ3) is 5.67. The Morgan fingerprint density at radius 2 is 1.14 bits per heavy atom. The minimum Gasteiger partial charge on any atom is -0.457 e. The van der Waals surface area contributed by atoms with Crippen LogP contribution in [0.5, 0.6) is 11.5 Å². The topological polar surface area (TPSA) is 18.5 Å². The van der Waals surface area contributed by atoms with Crippen molar-refractivity contribution in [2.24, 2.45) is 0 Å². The van der Waals surface area contributed by atoms with E-state index in [4.69, 9.17) is 0 Å². The van der Waals surface area contributed by atoms with E-state index >= 15 is 0 Å². The van der Waals surface area contributed by atoms with Gasteiger partial charge in [-0.15, -0.1) is 0 Å². The Kier molecular flexibility index (Phi) is 7.58. The third-order valence-electron chi connectivity index (χ3n) is 5.68. The van der Waals surface area contributed by atoms with E-state index in [0.29, 0.717) is 17.7 Å². The van der Waals surface area contributed by atoms with Gasteiger partial charge < -0.3 is 9.47 Å². The fraction of sp³-hybridized carbons (Fsp3) is 0.172. The number of benzene rings is 4. The second-order valence-corrected chi connectivity index (χ2v) is 8.19. The van der Waals surface area contributed by atoms with Gasteiger partial charge in [-0.1, -0.05) is 74.0 Å². The fourth-order valence-corrected chi connectivity index (χ4v) is 3.86. The van der Waals surface area contributed by atoms with E-state index < -0.39 is 41.7 Å². The van der Waals surface area contributed by atoms with Gasteiger partial charge in [-0.2, -0.15) is 8.78 Å². The van der Waals surface area contributed by atoms with Gasteiger partial charge in [0.15, 0.2) is 17.4 Å². The van der Waals surface area contributed by atoms with Gasteiger partial charge >= 0.3 is 6.11 Å². The zero-order chi connectivity index (χ0) is 25.7. The monoisotopic (exact) mass is 498 g/mol. The molecule has 0 N–H and O–H groups in total. The van der Waals surface area contributed by atoms with Gasteiger partial charge in [0, 0.05) is 12.1 Å². The molecule has 0 aliphatic carbocycles. The van der Waals surface area contributed by atoms with Crippen LogP contribution < -0.4 is 9.47 Å². The number of halogens is 5. The van der Waals surface area contributed by atoms with Gasteiger partial charge in [-0.25, -0.2) is 13.2 Å². The number of hydrogen-bond donors (Lipinski definition) is 0. The maximum absolute atomic E-state index is 14.6. The van der Waals surface area contributed by atoms with Crippen LogP contribution in [0.15, 0.2) is 84.9 Å². The molecule has 0 spiro atoms. The van der Waals surface area contributed by atoms with E-state index in [1.54, 1.807) is 0 Å². The second-order valence-electron chi connectivity index (χ2n) is 8.19. The van der Waals surface area contributed by atoms with Crippen LogP contribution in [0.4, 0.5) is 22.0 Å². The molecule has 0 atom stereocenters. The molecule has 186 valence electrons. The maximum atomic E-state index is 14.6. The van der Waals surface area contributed by atoms with Crippen molar-refractivity contribution in [3.8, 4) is 33.8 Å². The molecule has 0 amide bonds. The largest absolute Gasteiger partial charge is 0.457 e. The average Bonchev–Trinajstić information content (AvgIpc) is 2.87. The van der Waals surface area contributed by atoms with Crippen molar-refractivity contribution in [2.75, 3.05) is 6.86 Å². The number of hydrogen-bond acceptors (Lipinski definition) is 2. The van der Waals surface area contributed by atoms with Gasteiger partial charge in [0.1, 0.15) is 5.75 Å². The number of rotatable bonds is 9. The van der Waals surface area contributed by atoms with Gasteiger partial charge in [0.05, 0.1) is 5.56 Å². The Hall–Kier alpha value is -3.87. The van der Waals surface area contributed by atoms with E-state index in [0.717, 1.165) is 29.5 Å². The number of alkyl halides is 3. The first-order valence-corrected chi connectivity index (χ1v) is 11.4. The molecule has 0 radical (unpaired) electrons.